The van der Waals surface area contributed by atoms with Crippen molar-refractivity contribution in [3.8, 4) is 0 Å². The molecule has 0 spiro atoms. The first-order valence-corrected chi connectivity index (χ1v) is 11.4. The first kappa shape index (κ1) is 23.0. The summed E-state index contributed by atoms with van der Waals surface area (Å²) in [7, 11) is 1.81. The highest BCUT2D eigenvalue weighted by Crippen LogP contribution is 2.33. The number of nitrogens with zero attached hydrogens (tertiary/aromatic N) is 5. The molecule has 36 heavy (non-hydrogen) atoms. The number of benzene rings is 2. The number of imidazole rings is 1. The molecule has 10 nitrogen and oxygen atoms in total. The van der Waals surface area contributed by atoms with Gasteiger partial charge in [-0.2, -0.15) is 5.10 Å². The second-order valence-electron chi connectivity index (χ2n) is 8.58. The maximum Gasteiger partial charge on any atom is 0.335 e. The molecule has 5 rings (SSSR count). The summed E-state index contributed by atoms with van der Waals surface area (Å²) in [6.45, 7) is 1.14. The van der Waals surface area contributed by atoms with Crippen molar-refractivity contribution in [1.82, 2.24) is 29.5 Å². The summed E-state index contributed by atoms with van der Waals surface area (Å²) in [5, 5.41) is 16.3. The molecule has 0 aliphatic carbocycles. The van der Waals surface area contributed by atoms with E-state index in [9.17, 15) is 19.5 Å². The summed E-state index contributed by atoms with van der Waals surface area (Å²) in [6, 6.07) is 14.9. The lowest BCUT2D eigenvalue weighted by atomic mass is 10.0. The summed E-state index contributed by atoms with van der Waals surface area (Å²) in [6.07, 6.45) is 5.22. The van der Waals surface area contributed by atoms with Crippen molar-refractivity contribution in [2.45, 2.75) is 19.1 Å². The Morgan fingerprint density at radius 2 is 1.81 bits per heavy atom. The number of rotatable bonds is 6. The van der Waals surface area contributed by atoms with E-state index in [4.69, 9.17) is 0 Å². The van der Waals surface area contributed by atoms with Crippen molar-refractivity contribution < 1.29 is 19.5 Å². The molecule has 4 aromatic rings. The number of fused-ring (bicyclic) bond motifs is 1. The van der Waals surface area contributed by atoms with Gasteiger partial charge >= 0.3 is 5.97 Å². The Balaban J connectivity index is 1.46. The van der Waals surface area contributed by atoms with Gasteiger partial charge in [0.15, 0.2) is 0 Å². The van der Waals surface area contributed by atoms with Gasteiger partial charge in [-0.15, -0.1) is 0 Å². The third-order valence-corrected chi connectivity index (χ3v) is 6.12. The fourth-order valence-corrected chi connectivity index (χ4v) is 4.39. The zero-order chi connectivity index (χ0) is 25.2. The zero-order valence-electron chi connectivity index (χ0n) is 19.5. The minimum absolute atomic E-state index is 0.0446. The van der Waals surface area contributed by atoms with Crippen LogP contribution in [0.15, 0.2) is 73.2 Å². The predicted molar refractivity (Wildman–Crippen MR) is 129 cm³/mol. The summed E-state index contributed by atoms with van der Waals surface area (Å²) in [5.74, 6) is -1.15. The van der Waals surface area contributed by atoms with Crippen LogP contribution in [0, 0.1) is 0 Å². The molecule has 1 aliphatic rings. The molecule has 0 saturated heterocycles. The third kappa shape index (κ3) is 4.48. The van der Waals surface area contributed by atoms with Crippen molar-refractivity contribution in [3.63, 3.8) is 0 Å². The normalized spacial score (nSPS) is 14.8. The predicted octanol–water partition coefficient (Wildman–Crippen LogP) is 2.49. The number of carbonyl (C=O) groups excluding carboxylic acids is 2. The average Bonchev–Trinajstić information content (AvgIpc) is 3.52. The number of carboxylic acid groups (broad SMARTS) is 1. The first-order chi connectivity index (χ1) is 17.4. The molecule has 3 heterocycles. The second-order valence-corrected chi connectivity index (χ2v) is 8.58. The number of aromatic nitrogens is 4. The van der Waals surface area contributed by atoms with E-state index in [0.717, 1.165) is 11.1 Å². The summed E-state index contributed by atoms with van der Waals surface area (Å²) in [4.78, 5) is 44.2. The third-order valence-electron chi connectivity index (χ3n) is 6.12. The van der Waals surface area contributed by atoms with Gasteiger partial charge < -0.3 is 19.9 Å². The Labute approximate surface area is 206 Å². The van der Waals surface area contributed by atoms with Crippen LogP contribution < -0.4 is 5.32 Å². The van der Waals surface area contributed by atoms with E-state index < -0.39 is 12.0 Å². The SMILES string of the molecule is Cn1cc(CNC(=O)c2cn3c(n2)C(c2ccccc2)N(C(=O)c2cccc(C(=O)O)c2)CC3)cn1. The van der Waals surface area contributed by atoms with E-state index in [1.165, 1.54) is 12.1 Å². The average molecular weight is 485 g/mol. The van der Waals surface area contributed by atoms with Gasteiger partial charge in [0, 0.05) is 50.2 Å². The fraction of sp³-hybridized carbons (Fsp3) is 0.192. The molecule has 2 aromatic heterocycles. The van der Waals surface area contributed by atoms with Gasteiger partial charge in [0.25, 0.3) is 11.8 Å². The standard InChI is InChI=1S/C26H24N6O4/c1-30-15-17(14-28-30)13-27-24(33)21-16-31-10-11-32(22(23(31)29-21)18-6-3-2-4-7-18)25(34)19-8-5-9-20(12-19)26(35)36/h2-9,12,14-16,22H,10-11,13H2,1H3,(H,27,33)(H,35,36). The Morgan fingerprint density at radius 1 is 1.03 bits per heavy atom. The Morgan fingerprint density at radius 3 is 2.53 bits per heavy atom. The van der Waals surface area contributed by atoms with Crippen molar-refractivity contribution in [3.05, 3.63) is 107 Å². The number of aryl methyl sites for hydroxylation is 1. The maximum atomic E-state index is 13.6. The number of carboxylic acids is 1. The number of hydrogen-bond acceptors (Lipinski definition) is 5. The highest BCUT2D eigenvalue weighted by Gasteiger charge is 2.35. The van der Waals surface area contributed by atoms with Crippen molar-refractivity contribution in [2.75, 3.05) is 6.54 Å². The van der Waals surface area contributed by atoms with Gasteiger partial charge in [-0.1, -0.05) is 36.4 Å². The van der Waals surface area contributed by atoms with Gasteiger partial charge in [-0.05, 0) is 23.8 Å². The topological polar surface area (TPSA) is 122 Å². The van der Waals surface area contributed by atoms with E-state index in [1.807, 2.05) is 48.1 Å². The second kappa shape index (κ2) is 9.49. The molecular formula is C26H24N6O4. The largest absolute Gasteiger partial charge is 0.478 e. The minimum atomic E-state index is -1.10. The lowest BCUT2D eigenvalue weighted by Gasteiger charge is -2.36. The molecular weight excluding hydrogens is 460 g/mol. The Bertz CT molecular complexity index is 1440. The molecule has 2 aromatic carbocycles. The van der Waals surface area contributed by atoms with Crippen molar-refractivity contribution in [2.24, 2.45) is 7.05 Å². The molecule has 0 saturated carbocycles. The monoisotopic (exact) mass is 484 g/mol. The molecule has 0 bridgehead atoms. The van der Waals surface area contributed by atoms with Gasteiger partial charge in [0.05, 0.1) is 11.8 Å². The van der Waals surface area contributed by atoms with Gasteiger partial charge in [0.2, 0.25) is 0 Å². The van der Waals surface area contributed by atoms with Crippen molar-refractivity contribution >= 4 is 17.8 Å². The molecule has 1 aliphatic heterocycles. The molecule has 0 radical (unpaired) electrons. The zero-order valence-corrected chi connectivity index (χ0v) is 19.5. The quantitative estimate of drug-likeness (QED) is 0.434. The number of nitrogens with one attached hydrogen (secondary N) is 1. The highest BCUT2D eigenvalue weighted by atomic mass is 16.4. The highest BCUT2D eigenvalue weighted by molar-refractivity contribution is 5.98. The van der Waals surface area contributed by atoms with Crippen LogP contribution in [0.5, 0.6) is 0 Å². The molecule has 1 atom stereocenters. The molecule has 2 N–H and O–H groups in total. The van der Waals surface area contributed by atoms with E-state index in [2.05, 4.69) is 15.4 Å². The summed E-state index contributed by atoms with van der Waals surface area (Å²) in [5.41, 5.74) is 2.30. The number of carbonyl (C=O) groups is 3. The van der Waals surface area contributed by atoms with E-state index in [1.54, 1.807) is 34.1 Å². The molecule has 10 heteroatoms. The van der Waals surface area contributed by atoms with Crippen LogP contribution in [0.2, 0.25) is 0 Å². The van der Waals surface area contributed by atoms with Crippen LogP contribution >= 0.6 is 0 Å². The Kier molecular flexibility index (Phi) is 6.07. The van der Waals surface area contributed by atoms with E-state index in [0.29, 0.717) is 25.5 Å². The fourth-order valence-electron chi connectivity index (χ4n) is 4.39. The van der Waals surface area contributed by atoms with Crippen molar-refractivity contribution in [1.29, 1.82) is 0 Å². The van der Waals surface area contributed by atoms with Crippen LogP contribution in [0.25, 0.3) is 0 Å². The number of amides is 2. The van der Waals surface area contributed by atoms with Gasteiger partial charge in [-0.25, -0.2) is 9.78 Å². The van der Waals surface area contributed by atoms with Gasteiger partial charge in [0.1, 0.15) is 17.6 Å². The van der Waals surface area contributed by atoms with Crippen LogP contribution in [0.3, 0.4) is 0 Å². The van der Waals surface area contributed by atoms with Crippen LogP contribution in [0.4, 0.5) is 0 Å². The smallest absolute Gasteiger partial charge is 0.335 e. The Hall–Kier alpha value is -4.73. The molecule has 0 fully saturated rings. The molecule has 2 amide bonds. The van der Waals surface area contributed by atoms with Crippen LogP contribution in [0.1, 0.15) is 54.2 Å². The summed E-state index contributed by atoms with van der Waals surface area (Å²) >= 11 is 0. The van der Waals surface area contributed by atoms with E-state index in [-0.39, 0.29) is 28.6 Å². The maximum absolute atomic E-state index is 13.6. The van der Waals surface area contributed by atoms with Crippen LogP contribution in [-0.4, -0.2) is 53.7 Å². The van der Waals surface area contributed by atoms with Gasteiger partial charge in [-0.3, -0.25) is 14.3 Å². The summed E-state index contributed by atoms with van der Waals surface area (Å²) < 4.78 is 3.56. The molecule has 182 valence electrons. The minimum Gasteiger partial charge on any atom is -0.478 e. The number of hydrogen-bond donors (Lipinski definition) is 2. The first-order valence-electron chi connectivity index (χ1n) is 11.4. The van der Waals surface area contributed by atoms with E-state index >= 15 is 0 Å². The lowest BCUT2D eigenvalue weighted by molar-refractivity contribution is 0.0658. The number of aromatic carboxylic acids is 1. The molecule has 1 unspecified atom stereocenters. The van der Waals surface area contributed by atoms with Crippen LogP contribution in [-0.2, 0) is 20.1 Å². The lowest BCUT2D eigenvalue weighted by Crippen LogP contribution is -2.42.